The minimum atomic E-state index is -0.240. The number of phenols is 1. The van der Waals surface area contributed by atoms with Gasteiger partial charge < -0.3 is 9.84 Å². The van der Waals surface area contributed by atoms with Crippen molar-refractivity contribution in [3.63, 3.8) is 0 Å². The van der Waals surface area contributed by atoms with Gasteiger partial charge in [-0.3, -0.25) is 26.5 Å². The zero-order valence-electron chi connectivity index (χ0n) is 15.9. The monoisotopic (exact) mass is 435 g/mol. The Balaban J connectivity index is 2.35. The Labute approximate surface area is 176 Å². The summed E-state index contributed by atoms with van der Waals surface area (Å²) < 4.78 is 5.12. The van der Waals surface area contributed by atoms with E-state index >= 15 is 0 Å². The van der Waals surface area contributed by atoms with E-state index in [2.05, 4.69) is 31.8 Å². The first-order valence-corrected chi connectivity index (χ1v) is 9.46. The number of phenolic OH excluding ortho intramolecular Hbond substituents is 1. The molecule has 0 atom stereocenters. The molecular weight excluding hydrogens is 414 g/mol. The number of thiocarbonyl (C=S) groups is 1. The fourth-order valence-corrected chi connectivity index (χ4v) is 3.04. The minimum Gasteiger partial charge on any atom is -0.504 e. The number of benzene rings is 1. The molecule has 0 saturated heterocycles. The maximum absolute atomic E-state index is 11.1. The lowest BCUT2D eigenvalue weighted by Crippen LogP contribution is -2.37. The molecule has 0 fully saturated rings. The van der Waals surface area contributed by atoms with Crippen LogP contribution in [0.1, 0.15) is 23.1 Å². The molecule has 29 heavy (non-hydrogen) atoms. The molecule has 0 spiro atoms. The van der Waals surface area contributed by atoms with Gasteiger partial charge >= 0.3 is 0 Å². The number of methoxy groups -OCH3 is 1. The zero-order valence-corrected chi connectivity index (χ0v) is 17.6. The van der Waals surface area contributed by atoms with Crippen molar-refractivity contribution in [2.75, 3.05) is 12.5 Å². The molecular formula is C17H21N7O3S2. The van der Waals surface area contributed by atoms with Gasteiger partial charge in [0.25, 0.3) is 0 Å². The Bertz CT molecular complexity index is 956. The lowest BCUT2D eigenvalue weighted by atomic mass is 10.1. The van der Waals surface area contributed by atoms with Gasteiger partial charge in [0.2, 0.25) is 16.2 Å². The molecule has 2 rings (SSSR count). The summed E-state index contributed by atoms with van der Waals surface area (Å²) >= 11 is 6.26. The molecule has 0 saturated carbocycles. The highest BCUT2D eigenvalue weighted by Gasteiger charge is 2.13. The fraction of sp³-hybridized carbons (Fsp3) is 0.176. The van der Waals surface area contributed by atoms with Crippen LogP contribution in [-0.4, -0.2) is 33.9 Å². The average Bonchev–Trinajstić information content (AvgIpc) is 3.07. The molecule has 12 heteroatoms. The SMILES string of the molecule is COc1cc(/C=C/C(=N/NC(=S)NN)c2sc(NNC(C)=O)nc2C)ccc1O. The Morgan fingerprint density at radius 3 is 2.86 bits per heavy atom. The Hall–Kier alpha value is -3.22. The molecule has 10 nitrogen and oxygen atoms in total. The van der Waals surface area contributed by atoms with Crippen molar-refractivity contribution in [2.24, 2.45) is 10.9 Å². The van der Waals surface area contributed by atoms with E-state index in [1.54, 1.807) is 24.3 Å². The van der Waals surface area contributed by atoms with E-state index in [-0.39, 0.29) is 16.8 Å². The average molecular weight is 436 g/mol. The molecule has 0 aliphatic rings. The van der Waals surface area contributed by atoms with Crippen LogP contribution in [0.3, 0.4) is 0 Å². The van der Waals surface area contributed by atoms with E-state index in [1.165, 1.54) is 31.4 Å². The predicted octanol–water partition coefficient (Wildman–Crippen LogP) is 1.38. The van der Waals surface area contributed by atoms with E-state index in [1.807, 2.05) is 6.92 Å². The van der Waals surface area contributed by atoms with E-state index in [0.29, 0.717) is 22.3 Å². The van der Waals surface area contributed by atoms with Crippen LogP contribution in [0.25, 0.3) is 6.08 Å². The number of rotatable bonds is 7. The van der Waals surface area contributed by atoms with Crippen LogP contribution in [0.4, 0.5) is 5.13 Å². The highest BCUT2D eigenvalue weighted by Crippen LogP contribution is 2.27. The topological polar surface area (TPSA) is 146 Å². The number of hydrazone groups is 1. The summed E-state index contributed by atoms with van der Waals surface area (Å²) in [5, 5.41) is 14.7. The molecule has 1 amide bonds. The number of nitrogens with zero attached hydrogens (tertiary/aromatic N) is 2. The standard InChI is InChI=1S/C17H21N7O3S2/c1-9-15(29-17(19-9)24-21-10(2)25)12(22-23-16(28)20-18)6-4-11-5-7-13(26)14(8-11)27-3/h4-8,26H,18H2,1-3H3,(H,19,24)(H,21,25)(H2,20,23,28)/b6-4+,22-12-. The third-order valence-electron chi connectivity index (χ3n) is 3.42. The van der Waals surface area contributed by atoms with Crippen molar-refractivity contribution in [2.45, 2.75) is 13.8 Å². The van der Waals surface area contributed by atoms with Gasteiger partial charge in [0.1, 0.15) is 5.71 Å². The number of anilines is 1. The van der Waals surface area contributed by atoms with Crippen LogP contribution in [0.2, 0.25) is 0 Å². The van der Waals surface area contributed by atoms with Gasteiger partial charge in [-0.1, -0.05) is 23.5 Å². The van der Waals surface area contributed by atoms with E-state index in [0.717, 1.165) is 10.4 Å². The highest BCUT2D eigenvalue weighted by molar-refractivity contribution is 7.80. The number of aromatic hydroxyl groups is 1. The van der Waals surface area contributed by atoms with Gasteiger partial charge in [-0.25, -0.2) is 10.8 Å². The summed E-state index contributed by atoms with van der Waals surface area (Å²) in [4.78, 5) is 16.2. The van der Waals surface area contributed by atoms with Crippen LogP contribution in [0.15, 0.2) is 29.4 Å². The first-order valence-electron chi connectivity index (χ1n) is 8.23. The lowest BCUT2D eigenvalue weighted by molar-refractivity contribution is -0.118. The number of nitrogens with two attached hydrogens (primary N) is 1. The van der Waals surface area contributed by atoms with Crippen molar-refractivity contribution in [1.29, 1.82) is 0 Å². The Morgan fingerprint density at radius 2 is 2.21 bits per heavy atom. The molecule has 0 aliphatic carbocycles. The van der Waals surface area contributed by atoms with Gasteiger partial charge in [-0.2, -0.15) is 5.10 Å². The van der Waals surface area contributed by atoms with Crippen molar-refractivity contribution in [3.8, 4) is 11.5 Å². The Morgan fingerprint density at radius 1 is 1.45 bits per heavy atom. The van der Waals surface area contributed by atoms with Crippen molar-refractivity contribution in [3.05, 3.63) is 40.4 Å². The summed E-state index contributed by atoms with van der Waals surface area (Å²) in [5.41, 5.74) is 12.2. The number of thiazole rings is 1. The molecule has 0 bridgehead atoms. The first-order chi connectivity index (χ1) is 13.8. The first kappa shape index (κ1) is 22.1. The zero-order chi connectivity index (χ0) is 21.4. The van der Waals surface area contributed by atoms with E-state index in [9.17, 15) is 9.90 Å². The molecule has 0 unspecified atom stereocenters. The molecule has 7 N–H and O–H groups in total. The normalized spacial score (nSPS) is 11.2. The maximum atomic E-state index is 11.1. The number of carbonyl (C=O) groups is 1. The molecule has 1 aromatic carbocycles. The molecule has 0 radical (unpaired) electrons. The van der Waals surface area contributed by atoms with Crippen molar-refractivity contribution < 1.29 is 14.6 Å². The number of amides is 1. The number of nitrogens with one attached hydrogen (secondary N) is 4. The van der Waals surface area contributed by atoms with E-state index in [4.69, 9.17) is 22.8 Å². The largest absolute Gasteiger partial charge is 0.504 e. The third kappa shape index (κ3) is 6.41. The maximum Gasteiger partial charge on any atom is 0.235 e. The summed E-state index contributed by atoms with van der Waals surface area (Å²) in [6.45, 7) is 3.21. The van der Waals surface area contributed by atoms with Gasteiger partial charge in [0, 0.05) is 6.92 Å². The quantitative estimate of drug-likeness (QED) is 0.164. The number of aryl methyl sites for hydroxylation is 1. The number of carbonyl (C=O) groups excluding carboxylic acids is 1. The lowest BCUT2D eigenvalue weighted by Gasteiger charge is -2.05. The molecule has 2 aromatic rings. The Kier molecular flexibility index (Phi) is 7.88. The molecule has 1 heterocycles. The number of aromatic nitrogens is 1. The number of hydrogen-bond donors (Lipinski definition) is 6. The molecule has 1 aromatic heterocycles. The fourth-order valence-electron chi connectivity index (χ4n) is 2.11. The van der Waals surface area contributed by atoms with Crippen LogP contribution in [0.5, 0.6) is 11.5 Å². The summed E-state index contributed by atoms with van der Waals surface area (Å²) in [5.74, 6) is 5.43. The molecule has 0 aliphatic heterocycles. The number of hydrazine groups is 2. The number of allylic oxidation sites excluding steroid dienone is 1. The van der Waals surface area contributed by atoms with Crippen LogP contribution < -0.4 is 32.3 Å². The van der Waals surface area contributed by atoms with Gasteiger partial charge in [0.05, 0.1) is 17.7 Å². The summed E-state index contributed by atoms with van der Waals surface area (Å²) in [7, 11) is 1.48. The second-order valence-corrected chi connectivity index (χ2v) is 6.99. The number of hydrogen-bond acceptors (Lipinski definition) is 9. The van der Waals surface area contributed by atoms with E-state index < -0.39 is 0 Å². The smallest absolute Gasteiger partial charge is 0.235 e. The minimum absolute atomic E-state index is 0.0477. The van der Waals surface area contributed by atoms with Gasteiger partial charge in [-0.05, 0) is 42.9 Å². The van der Waals surface area contributed by atoms with Crippen LogP contribution in [0, 0.1) is 6.92 Å². The van der Waals surface area contributed by atoms with Gasteiger partial charge in [0.15, 0.2) is 11.5 Å². The number of ether oxygens (including phenoxy) is 1. The summed E-state index contributed by atoms with van der Waals surface area (Å²) in [6.07, 6.45) is 3.54. The van der Waals surface area contributed by atoms with Crippen LogP contribution in [-0.2, 0) is 4.79 Å². The second kappa shape index (κ2) is 10.4. The van der Waals surface area contributed by atoms with Gasteiger partial charge in [-0.15, -0.1) is 0 Å². The van der Waals surface area contributed by atoms with Crippen molar-refractivity contribution in [1.82, 2.24) is 21.3 Å². The highest BCUT2D eigenvalue weighted by atomic mass is 32.1. The summed E-state index contributed by atoms with van der Waals surface area (Å²) in [6, 6.07) is 4.95. The van der Waals surface area contributed by atoms with Crippen molar-refractivity contribution >= 4 is 51.5 Å². The third-order valence-corrected chi connectivity index (χ3v) is 4.73. The van der Waals surface area contributed by atoms with Crippen LogP contribution >= 0.6 is 23.6 Å². The second-order valence-electron chi connectivity index (χ2n) is 5.59. The predicted molar refractivity (Wildman–Crippen MR) is 118 cm³/mol. The molecule has 154 valence electrons.